The molecule has 0 aliphatic heterocycles. The lowest BCUT2D eigenvalue weighted by molar-refractivity contribution is -0.579. The highest BCUT2D eigenvalue weighted by molar-refractivity contribution is 6.10. The minimum Gasteiger partial charge on any atom is -0.0616 e. The third-order valence-electron chi connectivity index (χ3n) is 3.40. The quantitative estimate of drug-likeness (QED) is 0.335. The topological polar surface area (TPSA) is 17.0 Å². The van der Waals surface area contributed by atoms with Crippen LogP contribution in [0.1, 0.15) is 0 Å². The lowest BCUT2D eigenvalue weighted by atomic mass is 10.0. The lowest BCUT2D eigenvalue weighted by Gasteiger charge is -2.02. The van der Waals surface area contributed by atoms with E-state index in [-0.39, 0.29) is 0 Å². The van der Waals surface area contributed by atoms with Gasteiger partial charge in [-0.2, -0.15) is 0 Å². The second-order valence-corrected chi connectivity index (χ2v) is 4.42. The molecule has 0 saturated heterocycles. The zero-order chi connectivity index (χ0) is 11.9. The van der Waals surface area contributed by atoms with Gasteiger partial charge in [-0.1, -0.05) is 34.8 Å². The predicted octanol–water partition coefficient (Wildman–Crippen LogP) is 3.13. The first kappa shape index (κ1) is 9.54. The Morgan fingerprint density at radius 2 is 1.61 bits per heavy atom. The number of fused-ring (bicyclic) bond motifs is 5. The van der Waals surface area contributed by atoms with Crippen LogP contribution in [-0.4, -0.2) is 5.10 Å². The Morgan fingerprint density at radius 3 is 2.61 bits per heavy atom. The molecule has 0 amide bonds. The van der Waals surface area contributed by atoms with Crippen molar-refractivity contribution in [3.05, 3.63) is 67.0 Å². The van der Waals surface area contributed by atoms with Crippen LogP contribution in [-0.2, 0) is 0 Å². The fourth-order valence-electron chi connectivity index (χ4n) is 2.53. The Labute approximate surface area is 104 Å². The molecule has 2 heteroatoms. The van der Waals surface area contributed by atoms with Gasteiger partial charge in [-0.15, -0.1) is 0 Å². The van der Waals surface area contributed by atoms with Crippen LogP contribution >= 0.6 is 0 Å². The molecular formula is C16H11N2+. The van der Waals surface area contributed by atoms with E-state index in [2.05, 4.69) is 47.6 Å². The Bertz CT molecular complexity index is 806. The molecule has 0 unspecified atom stereocenters. The molecule has 4 aromatic rings. The van der Waals surface area contributed by atoms with E-state index in [0.29, 0.717) is 0 Å². The maximum absolute atomic E-state index is 4.48. The summed E-state index contributed by atoms with van der Waals surface area (Å²) in [5.74, 6) is 0. The van der Waals surface area contributed by atoms with Gasteiger partial charge in [0, 0.05) is 17.5 Å². The fraction of sp³-hybridized carbons (Fsp3) is 0. The third kappa shape index (κ3) is 1.23. The third-order valence-corrected chi connectivity index (χ3v) is 3.40. The van der Waals surface area contributed by atoms with E-state index in [0.717, 1.165) is 5.52 Å². The number of benzene rings is 2. The average Bonchev–Trinajstić information content (AvgIpc) is 2.46. The smallest absolute Gasteiger partial charge is 0.0616 e. The van der Waals surface area contributed by atoms with Crippen molar-refractivity contribution < 1.29 is 4.52 Å². The highest BCUT2D eigenvalue weighted by Gasteiger charge is 2.09. The van der Waals surface area contributed by atoms with Crippen LogP contribution in [0.5, 0.6) is 0 Å². The normalized spacial score (nSPS) is 11.3. The first-order chi connectivity index (χ1) is 8.93. The van der Waals surface area contributed by atoms with Gasteiger partial charge >= 0.3 is 0 Å². The summed E-state index contributed by atoms with van der Waals surface area (Å²) in [6.07, 6.45) is 3.93. The van der Waals surface area contributed by atoms with E-state index in [1.165, 1.54) is 21.5 Å². The molecule has 0 spiro atoms. The van der Waals surface area contributed by atoms with Crippen molar-refractivity contribution in [3.8, 4) is 0 Å². The minimum absolute atomic E-state index is 1.14. The molecule has 0 fully saturated rings. The Kier molecular flexibility index (Phi) is 1.86. The second kappa shape index (κ2) is 3.50. The maximum Gasteiger partial charge on any atom is 0.245 e. The molecule has 18 heavy (non-hydrogen) atoms. The number of aromatic nitrogens is 2. The first-order valence-corrected chi connectivity index (χ1v) is 6.01. The SMILES string of the molecule is c1ccc2c(c1)ccc1c2cn[n+]2ccccc12. The molecule has 2 aromatic carbocycles. The van der Waals surface area contributed by atoms with E-state index in [1.807, 2.05) is 29.0 Å². The zero-order valence-electron chi connectivity index (χ0n) is 9.75. The molecule has 4 rings (SSSR count). The highest BCUT2D eigenvalue weighted by Crippen LogP contribution is 2.25. The number of hydrogen-bond donors (Lipinski definition) is 0. The van der Waals surface area contributed by atoms with Crippen molar-refractivity contribution in [1.29, 1.82) is 0 Å². The predicted molar refractivity (Wildman–Crippen MR) is 72.4 cm³/mol. The standard InChI is InChI=1S/C16H11N2/c1-2-6-13-12(5-1)8-9-14-15(13)11-17-18-10-4-3-7-16(14)18/h1-11H/q+1. The van der Waals surface area contributed by atoms with E-state index >= 15 is 0 Å². The molecule has 2 aromatic heterocycles. The van der Waals surface area contributed by atoms with Gasteiger partial charge in [0.2, 0.25) is 11.7 Å². The molecular weight excluding hydrogens is 220 g/mol. The second-order valence-electron chi connectivity index (χ2n) is 4.42. The number of rotatable bonds is 0. The summed E-state index contributed by atoms with van der Waals surface area (Å²) in [4.78, 5) is 0. The van der Waals surface area contributed by atoms with Gasteiger partial charge in [-0.25, -0.2) is 0 Å². The molecule has 84 valence electrons. The Balaban J connectivity index is 2.31. The van der Waals surface area contributed by atoms with Gasteiger partial charge in [0.25, 0.3) is 0 Å². The minimum atomic E-state index is 1.14. The first-order valence-electron chi connectivity index (χ1n) is 6.01. The van der Waals surface area contributed by atoms with Gasteiger partial charge in [-0.3, -0.25) is 0 Å². The van der Waals surface area contributed by atoms with Crippen molar-refractivity contribution in [2.45, 2.75) is 0 Å². The van der Waals surface area contributed by atoms with E-state index in [1.54, 1.807) is 0 Å². The zero-order valence-corrected chi connectivity index (χ0v) is 9.75. The molecule has 0 radical (unpaired) electrons. The molecule has 0 aliphatic rings. The molecule has 0 N–H and O–H groups in total. The van der Waals surface area contributed by atoms with Gasteiger partial charge in [0.05, 0.1) is 5.39 Å². The van der Waals surface area contributed by atoms with Crippen LogP contribution in [0.3, 0.4) is 0 Å². The van der Waals surface area contributed by atoms with Crippen molar-refractivity contribution in [3.63, 3.8) is 0 Å². The molecule has 0 aliphatic carbocycles. The summed E-state index contributed by atoms with van der Waals surface area (Å²) in [6.45, 7) is 0. The number of hydrogen-bond acceptors (Lipinski definition) is 1. The van der Waals surface area contributed by atoms with E-state index < -0.39 is 0 Å². The Hall–Kier alpha value is -2.48. The van der Waals surface area contributed by atoms with E-state index in [9.17, 15) is 0 Å². The van der Waals surface area contributed by atoms with Crippen LogP contribution in [0.2, 0.25) is 0 Å². The summed E-state index contributed by atoms with van der Waals surface area (Å²) in [5, 5.41) is 9.44. The van der Waals surface area contributed by atoms with Crippen LogP contribution in [0.4, 0.5) is 0 Å². The van der Waals surface area contributed by atoms with Gasteiger partial charge < -0.3 is 0 Å². The van der Waals surface area contributed by atoms with Crippen molar-refractivity contribution >= 4 is 27.1 Å². The van der Waals surface area contributed by atoms with Gasteiger partial charge in [0.15, 0.2) is 0 Å². The lowest BCUT2D eigenvalue weighted by Crippen LogP contribution is -2.25. The monoisotopic (exact) mass is 231 g/mol. The maximum atomic E-state index is 4.48. The fourth-order valence-corrected chi connectivity index (χ4v) is 2.53. The van der Waals surface area contributed by atoms with Crippen LogP contribution in [0.25, 0.3) is 27.1 Å². The van der Waals surface area contributed by atoms with Crippen molar-refractivity contribution in [2.24, 2.45) is 0 Å². The van der Waals surface area contributed by atoms with Crippen LogP contribution in [0.15, 0.2) is 67.0 Å². The number of nitrogens with zero attached hydrogens (tertiary/aromatic N) is 2. The van der Waals surface area contributed by atoms with Crippen molar-refractivity contribution in [2.75, 3.05) is 0 Å². The van der Waals surface area contributed by atoms with Gasteiger partial charge in [0.1, 0.15) is 6.20 Å². The molecule has 0 saturated carbocycles. The summed E-state index contributed by atoms with van der Waals surface area (Å²) < 4.78 is 1.91. The van der Waals surface area contributed by atoms with Crippen molar-refractivity contribution in [1.82, 2.24) is 5.10 Å². The average molecular weight is 231 g/mol. The molecule has 2 heterocycles. The summed E-state index contributed by atoms with van der Waals surface area (Å²) in [5.41, 5.74) is 1.14. The molecule has 0 atom stereocenters. The molecule has 2 nitrogen and oxygen atoms in total. The van der Waals surface area contributed by atoms with E-state index in [4.69, 9.17) is 0 Å². The number of pyridine rings is 1. The van der Waals surface area contributed by atoms with Crippen LogP contribution < -0.4 is 4.52 Å². The van der Waals surface area contributed by atoms with Crippen LogP contribution in [0, 0.1) is 0 Å². The summed E-state index contributed by atoms with van der Waals surface area (Å²) in [7, 11) is 0. The molecule has 0 bridgehead atoms. The van der Waals surface area contributed by atoms with Gasteiger partial charge in [-0.05, 0) is 28.0 Å². The summed E-state index contributed by atoms with van der Waals surface area (Å²) in [6, 6.07) is 18.9. The highest BCUT2D eigenvalue weighted by atomic mass is 15.2. The Morgan fingerprint density at radius 1 is 0.722 bits per heavy atom. The largest absolute Gasteiger partial charge is 0.245 e. The summed E-state index contributed by atoms with van der Waals surface area (Å²) >= 11 is 0.